The zero-order valence-corrected chi connectivity index (χ0v) is 10.5. The third-order valence-electron chi connectivity index (χ3n) is 2.65. The number of oxime groups is 1. The molecule has 0 saturated carbocycles. The van der Waals surface area contributed by atoms with E-state index in [0.29, 0.717) is 12.8 Å². The Labute approximate surface area is 108 Å². The number of hydrogen-bond donors (Lipinski definition) is 3. The number of rotatable bonds is 6. The summed E-state index contributed by atoms with van der Waals surface area (Å²) >= 11 is 0. The van der Waals surface area contributed by atoms with Crippen LogP contribution in [0.4, 0.5) is 0 Å². The summed E-state index contributed by atoms with van der Waals surface area (Å²) in [6.45, 7) is 2.02. The molecule has 2 atom stereocenters. The highest BCUT2D eigenvalue weighted by atomic mass is 16.4. The quantitative estimate of drug-likeness (QED) is 0.235. The molecule has 4 nitrogen and oxygen atoms in total. The van der Waals surface area contributed by atoms with Gasteiger partial charge in [-0.05, 0) is 12.5 Å². The second-order valence-electron chi connectivity index (χ2n) is 4.23. The Bertz CT molecular complexity index is 422. The summed E-state index contributed by atoms with van der Waals surface area (Å²) in [6.07, 6.45) is 6.37. The molecule has 0 aromatic heterocycles. The molecule has 96 valence electrons. The molecule has 0 spiro atoms. The molecular formula is C14H19N3O. The summed E-state index contributed by atoms with van der Waals surface area (Å²) in [5.41, 5.74) is 6.67. The number of nitrogens with zero attached hydrogens (tertiary/aromatic N) is 1. The molecule has 0 aliphatic heterocycles. The SMILES string of the molecule is C#CCC(C)NC(C/C(N)=N/O)c1ccccc1. The van der Waals surface area contributed by atoms with Gasteiger partial charge < -0.3 is 16.3 Å². The molecule has 4 heteroatoms. The fourth-order valence-electron chi connectivity index (χ4n) is 1.79. The van der Waals surface area contributed by atoms with Crippen LogP contribution in [0.3, 0.4) is 0 Å². The lowest BCUT2D eigenvalue weighted by Crippen LogP contribution is -2.33. The highest BCUT2D eigenvalue weighted by Crippen LogP contribution is 2.17. The topological polar surface area (TPSA) is 70.6 Å². The van der Waals surface area contributed by atoms with Gasteiger partial charge in [-0.2, -0.15) is 0 Å². The van der Waals surface area contributed by atoms with Crippen molar-refractivity contribution in [1.29, 1.82) is 0 Å². The van der Waals surface area contributed by atoms with Crippen LogP contribution in [-0.4, -0.2) is 17.1 Å². The molecule has 2 unspecified atom stereocenters. The summed E-state index contributed by atoms with van der Waals surface area (Å²) in [5.74, 6) is 2.82. The Morgan fingerprint density at radius 2 is 2.17 bits per heavy atom. The van der Waals surface area contributed by atoms with E-state index in [2.05, 4.69) is 16.4 Å². The van der Waals surface area contributed by atoms with Crippen LogP contribution in [0.2, 0.25) is 0 Å². The zero-order valence-electron chi connectivity index (χ0n) is 10.5. The van der Waals surface area contributed by atoms with Crippen molar-refractivity contribution in [2.24, 2.45) is 10.9 Å². The summed E-state index contributed by atoms with van der Waals surface area (Å²) < 4.78 is 0. The van der Waals surface area contributed by atoms with Gasteiger partial charge in [-0.15, -0.1) is 12.3 Å². The third kappa shape index (κ3) is 4.48. The van der Waals surface area contributed by atoms with Crippen LogP contribution in [0, 0.1) is 12.3 Å². The highest BCUT2D eigenvalue weighted by Gasteiger charge is 2.15. The number of nitrogens with one attached hydrogen (secondary N) is 1. The first kappa shape index (κ1) is 14.1. The van der Waals surface area contributed by atoms with Gasteiger partial charge in [-0.25, -0.2) is 0 Å². The van der Waals surface area contributed by atoms with E-state index in [-0.39, 0.29) is 17.9 Å². The molecule has 0 fully saturated rings. The molecular weight excluding hydrogens is 226 g/mol. The molecule has 1 rings (SSSR count). The lowest BCUT2D eigenvalue weighted by atomic mass is 10.0. The zero-order chi connectivity index (χ0) is 13.4. The lowest BCUT2D eigenvalue weighted by Gasteiger charge is -2.22. The van der Waals surface area contributed by atoms with Gasteiger partial charge in [-0.1, -0.05) is 35.5 Å². The van der Waals surface area contributed by atoms with Crippen molar-refractivity contribution in [2.45, 2.75) is 31.8 Å². The van der Waals surface area contributed by atoms with Crippen LogP contribution in [0.25, 0.3) is 0 Å². The monoisotopic (exact) mass is 245 g/mol. The minimum absolute atomic E-state index is 0.00884. The number of amidine groups is 1. The molecule has 0 amide bonds. The van der Waals surface area contributed by atoms with E-state index in [1.165, 1.54) is 0 Å². The largest absolute Gasteiger partial charge is 0.409 e. The normalized spacial score (nSPS) is 14.8. The maximum atomic E-state index is 8.67. The Morgan fingerprint density at radius 3 is 2.72 bits per heavy atom. The Kier molecular flexibility index (Phi) is 5.75. The van der Waals surface area contributed by atoms with E-state index >= 15 is 0 Å². The third-order valence-corrected chi connectivity index (χ3v) is 2.65. The molecule has 0 bridgehead atoms. The van der Waals surface area contributed by atoms with Crippen LogP contribution >= 0.6 is 0 Å². The van der Waals surface area contributed by atoms with Gasteiger partial charge in [0.1, 0.15) is 5.84 Å². The maximum absolute atomic E-state index is 8.67. The number of terminal acetylenes is 1. The molecule has 0 saturated heterocycles. The first-order valence-corrected chi connectivity index (χ1v) is 5.88. The molecule has 1 aromatic rings. The molecule has 0 radical (unpaired) electrons. The molecule has 0 aliphatic carbocycles. The second-order valence-corrected chi connectivity index (χ2v) is 4.23. The van der Waals surface area contributed by atoms with E-state index in [4.69, 9.17) is 17.4 Å². The van der Waals surface area contributed by atoms with Crippen molar-refractivity contribution in [3.63, 3.8) is 0 Å². The van der Waals surface area contributed by atoms with Gasteiger partial charge in [0, 0.05) is 24.9 Å². The van der Waals surface area contributed by atoms with E-state index in [9.17, 15) is 0 Å². The average Bonchev–Trinajstić information content (AvgIpc) is 2.39. The molecule has 0 aliphatic rings. The lowest BCUT2D eigenvalue weighted by molar-refractivity contribution is 0.315. The first-order chi connectivity index (χ1) is 8.67. The summed E-state index contributed by atoms with van der Waals surface area (Å²) in [6, 6.07) is 10.0. The summed E-state index contributed by atoms with van der Waals surface area (Å²) in [5, 5.41) is 15.1. The van der Waals surface area contributed by atoms with E-state index in [1.807, 2.05) is 37.3 Å². The number of hydrogen-bond acceptors (Lipinski definition) is 3. The van der Waals surface area contributed by atoms with Gasteiger partial charge in [0.05, 0.1) is 0 Å². The fraction of sp³-hybridized carbons (Fsp3) is 0.357. The van der Waals surface area contributed by atoms with Gasteiger partial charge >= 0.3 is 0 Å². The maximum Gasteiger partial charge on any atom is 0.141 e. The Balaban J connectivity index is 2.79. The minimum atomic E-state index is -0.00884. The highest BCUT2D eigenvalue weighted by molar-refractivity contribution is 5.80. The van der Waals surface area contributed by atoms with Crippen molar-refractivity contribution >= 4 is 5.84 Å². The van der Waals surface area contributed by atoms with E-state index < -0.39 is 0 Å². The Hall–Kier alpha value is -1.99. The van der Waals surface area contributed by atoms with Crippen molar-refractivity contribution in [2.75, 3.05) is 0 Å². The van der Waals surface area contributed by atoms with Crippen molar-refractivity contribution in [3.8, 4) is 12.3 Å². The Morgan fingerprint density at radius 1 is 1.50 bits per heavy atom. The summed E-state index contributed by atoms with van der Waals surface area (Å²) in [4.78, 5) is 0. The van der Waals surface area contributed by atoms with Gasteiger partial charge in [0.2, 0.25) is 0 Å². The van der Waals surface area contributed by atoms with Gasteiger partial charge in [0.25, 0.3) is 0 Å². The van der Waals surface area contributed by atoms with Crippen LogP contribution < -0.4 is 11.1 Å². The fourth-order valence-corrected chi connectivity index (χ4v) is 1.79. The van der Waals surface area contributed by atoms with Gasteiger partial charge in [-0.3, -0.25) is 0 Å². The molecule has 18 heavy (non-hydrogen) atoms. The van der Waals surface area contributed by atoms with Crippen LogP contribution in [0.5, 0.6) is 0 Å². The standard InChI is InChI=1S/C14H19N3O/c1-3-7-11(2)16-13(10-14(15)17-18)12-8-5-4-6-9-12/h1,4-6,8-9,11,13,16,18H,7,10H2,2H3,(H2,15,17). The molecule has 1 aromatic carbocycles. The van der Waals surface area contributed by atoms with Crippen LogP contribution in [0.15, 0.2) is 35.5 Å². The number of benzene rings is 1. The number of nitrogens with two attached hydrogens (primary N) is 1. The average molecular weight is 245 g/mol. The molecule has 4 N–H and O–H groups in total. The van der Waals surface area contributed by atoms with Crippen molar-refractivity contribution in [3.05, 3.63) is 35.9 Å². The van der Waals surface area contributed by atoms with Crippen LogP contribution in [0.1, 0.15) is 31.4 Å². The minimum Gasteiger partial charge on any atom is -0.409 e. The van der Waals surface area contributed by atoms with Crippen LogP contribution in [-0.2, 0) is 0 Å². The predicted octanol–water partition coefficient (Wildman–Crippen LogP) is 1.87. The predicted molar refractivity (Wildman–Crippen MR) is 73.3 cm³/mol. The second kappa shape index (κ2) is 7.36. The van der Waals surface area contributed by atoms with E-state index in [0.717, 1.165) is 5.56 Å². The van der Waals surface area contributed by atoms with Gasteiger partial charge in [0.15, 0.2) is 0 Å². The first-order valence-electron chi connectivity index (χ1n) is 5.88. The molecule has 0 heterocycles. The summed E-state index contributed by atoms with van der Waals surface area (Å²) in [7, 11) is 0. The van der Waals surface area contributed by atoms with Crippen molar-refractivity contribution < 1.29 is 5.21 Å². The smallest absolute Gasteiger partial charge is 0.141 e. The van der Waals surface area contributed by atoms with E-state index in [1.54, 1.807) is 0 Å². The van der Waals surface area contributed by atoms with Crippen molar-refractivity contribution in [1.82, 2.24) is 5.32 Å².